The summed E-state index contributed by atoms with van der Waals surface area (Å²) < 4.78 is 0. The van der Waals surface area contributed by atoms with Gasteiger partial charge in [0, 0.05) is 29.5 Å². The molecule has 1 aliphatic rings. The van der Waals surface area contributed by atoms with Crippen LogP contribution >= 0.6 is 11.8 Å². The number of nitrogens with two attached hydrogens (primary N) is 1. The first-order valence-electron chi connectivity index (χ1n) is 5.69. The van der Waals surface area contributed by atoms with Crippen LogP contribution in [0.25, 0.3) is 0 Å². The van der Waals surface area contributed by atoms with E-state index < -0.39 is 0 Å². The first kappa shape index (κ1) is 12.8. The molecule has 0 aliphatic carbocycles. The van der Waals surface area contributed by atoms with Crippen LogP contribution in [0.1, 0.15) is 27.2 Å². The van der Waals surface area contributed by atoms with Crippen LogP contribution in [0.15, 0.2) is 0 Å². The Bertz CT molecular complexity index is 213. The van der Waals surface area contributed by atoms with Gasteiger partial charge in [0.05, 0.1) is 0 Å². The van der Waals surface area contributed by atoms with Crippen molar-refractivity contribution in [1.82, 2.24) is 4.90 Å². The molecule has 0 radical (unpaired) electrons. The molecule has 15 heavy (non-hydrogen) atoms. The van der Waals surface area contributed by atoms with Gasteiger partial charge in [-0.2, -0.15) is 11.8 Å². The van der Waals surface area contributed by atoms with E-state index in [0.29, 0.717) is 17.0 Å². The molecular formula is C11H22N2OS. The third-order valence-corrected chi connectivity index (χ3v) is 3.98. The van der Waals surface area contributed by atoms with Crippen LogP contribution in [0.2, 0.25) is 0 Å². The molecule has 0 aromatic rings. The van der Waals surface area contributed by atoms with E-state index in [0.717, 1.165) is 19.5 Å². The number of amides is 1. The molecule has 1 aliphatic heterocycles. The lowest BCUT2D eigenvalue weighted by Crippen LogP contribution is -2.46. The Hall–Kier alpha value is -0.220. The van der Waals surface area contributed by atoms with Gasteiger partial charge in [-0.3, -0.25) is 4.79 Å². The van der Waals surface area contributed by atoms with Gasteiger partial charge in [-0.1, -0.05) is 20.8 Å². The minimum Gasteiger partial charge on any atom is -0.340 e. The average molecular weight is 230 g/mol. The SMILES string of the molecule is CC1CN(C(=O)C(C)CCN)CC(C)S1. The standard InChI is InChI=1S/C11H22N2OS/c1-8(4-5-12)11(14)13-6-9(2)15-10(3)7-13/h8-10H,4-7,12H2,1-3H3. The van der Waals surface area contributed by atoms with Crippen molar-refractivity contribution in [3.63, 3.8) is 0 Å². The highest BCUT2D eigenvalue weighted by molar-refractivity contribution is 8.00. The molecule has 3 nitrogen and oxygen atoms in total. The monoisotopic (exact) mass is 230 g/mol. The van der Waals surface area contributed by atoms with E-state index in [1.807, 2.05) is 23.6 Å². The maximum atomic E-state index is 12.0. The topological polar surface area (TPSA) is 46.3 Å². The van der Waals surface area contributed by atoms with Crippen molar-refractivity contribution >= 4 is 17.7 Å². The zero-order chi connectivity index (χ0) is 11.4. The third kappa shape index (κ3) is 3.68. The Labute approximate surface area is 96.8 Å². The molecule has 0 aromatic heterocycles. The van der Waals surface area contributed by atoms with Gasteiger partial charge >= 0.3 is 0 Å². The summed E-state index contributed by atoms with van der Waals surface area (Å²) in [6.07, 6.45) is 0.797. The molecule has 2 N–H and O–H groups in total. The van der Waals surface area contributed by atoms with Crippen molar-refractivity contribution in [2.45, 2.75) is 37.7 Å². The molecular weight excluding hydrogens is 208 g/mol. The van der Waals surface area contributed by atoms with E-state index in [9.17, 15) is 4.79 Å². The summed E-state index contributed by atoms with van der Waals surface area (Å²) in [5, 5.41) is 1.12. The summed E-state index contributed by atoms with van der Waals surface area (Å²) in [5.41, 5.74) is 5.48. The zero-order valence-corrected chi connectivity index (χ0v) is 10.7. The van der Waals surface area contributed by atoms with Crippen molar-refractivity contribution < 1.29 is 4.79 Å². The lowest BCUT2D eigenvalue weighted by Gasteiger charge is -2.36. The quantitative estimate of drug-likeness (QED) is 0.795. The highest BCUT2D eigenvalue weighted by atomic mass is 32.2. The number of hydrogen-bond acceptors (Lipinski definition) is 3. The largest absolute Gasteiger partial charge is 0.340 e. The highest BCUT2D eigenvalue weighted by Gasteiger charge is 2.27. The Balaban J connectivity index is 2.51. The predicted molar refractivity (Wildman–Crippen MR) is 65.9 cm³/mol. The Kier molecular flexibility index (Phi) is 4.93. The molecule has 3 atom stereocenters. The summed E-state index contributed by atoms with van der Waals surface area (Å²) in [6, 6.07) is 0. The van der Waals surface area contributed by atoms with Crippen molar-refractivity contribution in [3.8, 4) is 0 Å². The summed E-state index contributed by atoms with van der Waals surface area (Å²) >= 11 is 1.97. The second-order valence-corrected chi connectivity index (χ2v) is 6.36. The fraction of sp³-hybridized carbons (Fsp3) is 0.909. The van der Waals surface area contributed by atoms with Gasteiger partial charge in [0.25, 0.3) is 0 Å². The van der Waals surface area contributed by atoms with Crippen LogP contribution < -0.4 is 5.73 Å². The van der Waals surface area contributed by atoms with E-state index in [1.54, 1.807) is 0 Å². The molecule has 0 bridgehead atoms. The normalized spacial score (nSPS) is 28.9. The Morgan fingerprint density at radius 1 is 1.47 bits per heavy atom. The number of carbonyl (C=O) groups is 1. The molecule has 1 amide bonds. The van der Waals surface area contributed by atoms with Crippen molar-refractivity contribution in [2.24, 2.45) is 11.7 Å². The first-order valence-corrected chi connectivity index (χ1v) is 6.63. The number of rotatable bonds is 3. The zero-order valence-electron chi connectivity index (χ0n) is 9.90. The molecule has 1 heterocycles. The minimum atomic E-state index is 0.0810. The fourth-order valence-corrected chi connectivity index (χ4v) is 3.37. The van der Waals surface area contributed by atoms with Gasteiger partial charge in [0.15, 0.2) is 0 Å². The first-order chi connectivity index (χ1) is 7.04. The van der Waals surface area contributed by atoms with Gasteiger partial charge in [-0.15, -0.1) is 0 Å². The number of carbonyl (C=O) groups excluding carboxylic acids is 1. The molecule has 88 valence electrons. The predicted octanol–water partition coefficient (Wildman–Crippen LogP) is 1.32. The van der Waals surface area contributed by atoms with E-state index >= 15 is 0 Å². The van der Waals surface area contributed by atoms with Crippen LogP contribution in [0.4, 0.5) is 0 Å². The maximum absolute atomic E-state index is 12.0. The molecule has 3 unspecified atom stereocenters. The minimum absolute atomic E-state index is 0.0810. The second kappa shape index (κ2) is 5.75. The smallest absolute Gasteiger partial charge is 0.225 e. The van der Waals surface area contributed by atoms with Crippen LogP contribution in [0.3, 0.4) is 0 Å². The fourth-order valence-electron chi connectivity index (χ4n) is 2.04. The van der Waals surface area contributed by atoms with Crippen molar-refractivity contribution in [2.75, 3.05) is 19.6 Å². The Morgan fingerprint density at radius 2 is 2.00 bits per heavy atom. The van der Waals surface area contributed by atoms with Crippen LogP contribution in [-0.2, 0) is 4.79 Å². The highest BCUT2D eigenvalue weighted by Crippen LogP contribution is 2.25. The van der Waals surface area contributed by atoms with Gasteiger partial charge in [0.2, 0.25) is 5.91 Å². The van der Waals surface area contributed by atoms with Gasteiger partial charge in [-0.05, 0) is 13.0 Å². The molecule has 4 heteroatoms. The van der Waals surface area contributed by atoms with E-state index in [4.69, 9.17) is 5.73 Å². The summed E-state index contributed by atoms with van der Waals surface area (Å²) in [7, 11) is 0. The summed E-state index contributed by atoms with van der Waals surface area (Å²) in [4.78, 5) is 14.0. The van der Waals surface area contributed by atoms with Gasteiger partial charge in [0.1, 0.15) is 0 Å². The van der Waals surface area contributed by atoms with Gasteiger partial charge in [-0.25, -0.2) is 0 Å². The molecule has 0 saturated carbocycles. The van der Waals surface area contributed by atoms with Gasteiger partial charge < -0.3 is 10.6 Å². The Morgan fingerprint density at radius 3 is 2.47 bits per heavy atom. The number of nitrogens with zero attached hydrogens (tertiary/aromatic N) is 1. The second-order valence-electron chi connectivity index (χ2n) is 4.48. The summed E-state index contributed by atoms with van der Waals surface area (Å²) in [5.74, 6) is 0.358. The van der Waals surface area contributed by atoms with Crippen molar-refractivity contribution in [3.05, 3.63) is 0 Å². The van der Waals surface area contributed by atoms with Crippen LogP contribution in [-0.4, -0.2) is 40.9 Å². The lowest BCUT2D eigenvalue weighted by molar-refractivity contribution is -0.135. The molecule has 1 rings (SSSR count). The summed E-state index contributed by atoms with van der Waals surface area (Å²) in [6.45, 7) is 8.74. The van der Waals surface area contributed by atoms with E-state index in [-0.39, 0.29) is 11.8 Å². The molecule has 0 spiro atoms. The molecule has 1 saturated heterocycles. The van der Waals surface area contributed by atoms with Crippen LogP contribution in [0, 0.1) is 5.92 Å². The number of hydrogen-bond donors (Lipinski definition) is 1. The van der Waals surface area contributed by atoms with E-state index in [2.05, 4.69) is 13.8 Å². The van der Waals surface area contributed by atoms with Crippen LogP contribution in [0.5, 0.6) is 0 Å². The number of thioether (sulfide) groups is 1. The average Bonchev–Trinajstić information content (AvgIpc) is 2.15. The maximum Gasteiger partial charge on any atom is 0.225 e. The lowest BCUT2D eigenvalue weighted by atomic mass is 10.1. The van der Waals surface area contributed by atoms with Crippen molar-refractivity contribution in [1.29, 1.82) is 0 Å². The van der Waals surface area contributed by atoms with E-state index in [1.165, 1.54) is 0 Å². The molecule has 1 fully saturated rings. The third-order valence-electron chi connectivity index (χ3n) is 2.75. The molecule has 0 aromatic carbocycles.